The van der Waals surface area contributed by atoms with Gasteiger partial charge < -0.3 is 9.47 Å². The minimum Gasteiger partial charge on any atom is -0.490 e. The van der Waals surface area contributed by atoms with Gasteiger partial charge in [0.1, 0.15) is 18.1 Å². The van der Waals surface area contributed by atoms with Gasteiger partial charge in [-0.3, -0.25) is 34.7 Å². The molecule has 0 saturated carbocycles. The number of carbonyl (C=O) groups is 2. The van der Waals surface area contributed by atoms with E-state index in [0.717, 1.165) is 34.9 Å². The number of para-hydroxylation sites is 2. The van der Waals surface area contributed by atoms with E-state index in [9.17, 15) is 29.8 Å². The molecule has 3 aromatic rings. The van der Waals surface area contributed by atoms with Crippen LogP contribution in [-0.2, 0) is 4.79 Å². The number of rotatable bonds is 9. The average Bonchev–Trinajstić information content (AvgIpc) is 3.13. The van der Waals surface area contributed by atoms with Crippen LogP contribution in [0.25, 0.3) is 6.08 Å². The summed E-state index contributed by atoms with van der Waals surface area (Å²) in [6.45, 7) is 0.0406. The number of imide groups is 1. The van der Waals surface area contributed by atoms with E-state index in [-0.39, 0.29) is 29.6 Å². The topological polar surface area (TPSA) is 142 Å². The van der Waals surface area contributed by atoms with Crippen LogP contribution in [0.15, 0.2) is 71.6 Å². The Morgan fingerprint density at radius 3 is 2.32 bits per heavy atom. The number of nitro groups is 2. The zero-order valence-electron chi connectivity index (χ0n) is 18.7. The number of hydrogen-bond acceptors (Lipinski definition) is 9. The number of thioether (sulfide) groups is 1. The monoisotopic (exact) mass is 541 g/mol. The number of amides is 2. The minimum absolute atomic E-state index is 0.000363. The van der Waals surface area contributed by atoms with Crippen LogP contribution in [0.2, 0.25) is 5.02 Å². The lowest BCUT2D eigenvalue weighted by Gasteiger charge is -2.13. The Balaban J connectivity index is 1.52. The van der Waals surface area contributed by atoms with E-state index >= 15 is 0 Å². The Bertz CT molecular complexity index is 1440. The molecule has 1 fully saturated rings. The average molecular weight is 542 g/mol. The van der Waals surface area contributed by atoms with Gasteiger partial charge in [0.15, 0.2) is 0 Å². The highest BCUT2D eigenvalue weighted by Crippen LogP contribution is 2.38. The van der Waals surface area contributed by atoms with E-state index < -0.39 is 32.4 Å². The Labute approximate surface area is 218 Å². The van der Waals surface area contributed by atoms with Crippen LogP contribution in [-0.4, -0.2) is 39.0 Å². The highest BCUT2D eigenvalue weighted by atomic mass is 35.5. The van der Waals surface area contributed by atoms with Gasteiger partial charge in [0.2, 0.25) is 5.75 Å². The summed E-state index contributed by atoms with van der Waals surface area (Å²) in [5.41, 5.74) is -0.685. The lowest BCUT2D eigenvalue weighted by molar-refractivity contribution is -0.394. The van der Waals surface area contributed by atoms with E-state index in [1.54, 1.807) is 42.5 Å². The number of nitrogens with zero attached hydrogens (tertiary/aromatic N) is 3. The largest absolute Gasteiger partial charge is 0.490 e. The van der Waals surface area contributed by atoms with Crippen LogP contribution >= 0.6 is 23.4 Å². The quantitative estimate of drug-likeness (QED) is 0.179. The fourth-order valence-electron chi connectivity index (χ4n) is 3.30. The molecule has 3 aromatic carbocycles. The van der Waals surface area contributed by atoms with Crippen LogP contribution < -0.4 is 9.47 Å². The molecule has 0 unspecified atom stereocenters. The smallest absolute Gasteiger partial charge is 0.318 e. The van der Waals surface area contributed by atoms with Gasteiger partial charge in [-0.05, 0) is 42.1 Å². The van der Waals surface area contributed by atoms with Gasteiger partial charge in [-0.15, -0.1) is 0 Å². The molecule has 37 heavy (non-hydrogen) atoms. The van der Waals surface area contributed by atoms with Crippen LogP contribution in [0.3, 0.4) is 0 Å². The standard InChI is InChI=1S/C24H16ClN3O8S/c25-17-6-2-4-8-20(17)35-12-11-26-23(29)22(37-24(26)30)13-15-5-1-3-7-19(15)36-21-10-9-16(27(31)32)14-18(21)28(33)34/h1-10,13-14H,11-12H2/b22-13-. The third kappa shape index (κ3) is 5.88. The maximum atomic E-state index is 12.9. The summed E-state index contributed by atoms with van der Waals surface area (Å²) < 4.78 is 11.3. The van der Waals surface area contributed by atoms with Gasteiger partial charge in [0.05, 0.1) is 32.4 Å². The number of benzene rings is 3. The second kappa shape index (κ2) is 11.1. The molecule has 13 heteroatoms. The molecule has 0 N–H and O–H groups in total. The summed E-state index contributed by atoms with van der Waals surface area (Å²) in [5, 5.41) is 22.3. The van der Waals surface area contributed by atoms with Crippen molar-refractivity contribution in [3.8, 4) is 17.2 Å². The first-order chi connectivity index (χ1) is 17.7. The lowest BCUT2D eigenvalue weighted by Crippen LogP contribution is -2.32. The van der Waals surface area contributed by atoms with E-state index in [1.807, 2.05) is 0 Å². The summed E-state index contributed by atoms with van der Waals surface area (Å²) in [6, 6.07) is 16.2. The van der Waals surface area contributed by atoms with E-state index in [2.05, 4.69) is 0 Å². The van der Waals surface area contributed by atoms with Crippen molar-refractivity contribution in [2.75, 3.05) is 13.2 Å². The number of halogens is 1. The Kier molecular flexibility index (Phi) is 7.70. The molecule has 0 atom stereocenters. The molecule has 0 spiro atoms. The second-order valence-electron chi connectivity index (χ2n) is 7.42. The number of hydrogen-bond donors (Lipinski definition) is 0. The Morgan fingerprint density at radius 2 is 1.62 bits per heavy atom. The molecule has 1 aliphatic heterocycles. The molecule has 188 valence electrons. The van der Waals surface area contributed by atoms with Crippen molar-refractivity contribution in [3.63, 3.8) is 0 Å². The predicted octanol–water partition coefficient (Wildman–Crippen LogP) is 6.06. The minimum atomic E-state index is -0.791. The third-order valence-corrected chi connectivity index (χ3v) is 6.28. The summed E-state index contributed by atoms with van der Waals surface area (Å²) in [5.74, 6) is -0.179. The van der Waals surface area contributed by atoms with Crippen molar-refractivity contribution in [1.29, 1.82) is 0 Å². The summed E-state index contributed by atoms with van der Waals surface area (Å²) in [7, 11) is 0. The lowest BCUT2D eigenvalue weighted by atomic mass is 10.1. The highest BCUT2D eigenvalue weighted by molar-refractivity contribution is 8.18. The first kappa shape index (κ1) is 25.7. The van der Waals surface area contributed by atoms with Crippen molar-refractivity contribution in [3.05, 3.63) is 102 Å². The molecule has 1 heterocycles. The summed E-state index contributed by atoms with van der Waals surface area (Å²) in [6.07, 6.45) is 1.44. The second-order valence-corrected chi connectivity index (χ2v) is 8.82. The zero-order chi connectivity index (χ0) is 26.5. The molecule has 0 aromatic heterocycles. The number of ether oxygens (including phenoxy) is 2. The molecule has 0 aliphatic carbocycles. The van der Waals surface area contributed by atoms with Gasteiger partial charge >= 0.3 is 5.69 Å². The number of nitro benzene ring substituents is 2. The predicted molar refractivity (Wildman–Crippen MR) is 136 cm³/mol. The molecule has 0 bridgehead atoms. The molecule has 0 radical (unpaired) electrons. The van der Waals surface area contributed by atoms with Gasteiger partial charge in [-0.2, -0.15) is 0 Å². The van der Waals surface area contributed by atoms with Crippen LogP contribution in [0, 0.1) is 20.2 Å². The highest BCUT2D eigenvalue weighted by Gasteiger charge is 2.35. The molecule has 2 amide bonds. The van der Waals surface area contributed by atoms with Crippen LogP contribution in [0.5, 0.6) is 17.2 Å². The van der Waals surface area contributed by atoms with Crippen molar-refractivity contribution < 1.29 is 28.9 Å². The van der Waals surface area contributed by atoms with Gasteiger partial charge in [0.25, 0.3) is 16.8 Å². The van der Waals surface area contributed by atoms with E-state index in [4.69, 9.17) is 21.1 Å². The number of non-ortho nitro benzene ring substituents is 1. The van der Waals surface area contributed by atoms with Crippen LogP contribution in [0.1, 0.15) is 5.56 Å². The SMILES string of the molecule is O=C1S/C(=C\c2ccccc2Oc2ccc([N+](=O)[O-])cc2[N+](=O)[O-])C(=O)N1CCOc1ccccc1Cl. The summed E-state index contributed by atoms with van der Waals surface area (Å²) >= 11 is 6.78. The fourth-order valence-corrected chi connectivity index (χ4v) is 4.35. The Hall–Kier alpha value is -4.42. The fraction of sp³-hybridized carbons (Fsp3) is 0.0833. The molecular weight excluding hydrogens is 526 g/mol. The van der Waals surface area contributed by atoms with Gasteiger partial charge in [-0.25, -0.2) is 0 Å². The third-order valence-electron chi connectivity index (χ3n) is 5.06. The van der Waals surface area contributed by atoms with Crippen molar-refractivity contribution in [2.24, 2.45) is 0 Å². The number of carbonyl (C=O) groups excluding carboxylic acids is 2. The van der Waals surface area contributed by atoms with Crippen LogP contribution in [0.4, 0.5) is 16.2 Å². The summed E-state index contributed by atoms with van der Waals surface area (Å²) in [4.78, 5) is 47.4. The maximum absolute atomic E-state index is 12.9. The van der Waals surface area contributed by atoms with Crippen molar-refractivity contribution in [1.82, 2.24) is 4.90 Å². The first-order valence-corrected chi connectivity index (χ1v) is 11.8. The van der Waals surface area contributed by atoms with Gasteiger partial charge in [0, 0.05) is 11.6 Å². The normalized spacial score (nSPS) is 14.2. The Morgan fingerprint density at radius 1 is 0.919 bits per heavy atom. The molecule has 11 nitrogen and oxygen atoms in total. The molecule has 1 aliphatic rings. The van der Waals surface area contributed by atoms with E-state index in [0.29, 0.717) is 16.3 Å². The molecule has 4 rings (SSSR count). The molecular formula is C24H16ClN3O8S. The molecule has 1 saturated heterocycles. The van der Waals surface area contributed by atoms with Crippen molar-refractivity contribution >= 4 is 52.0 Å². The van der Waals surface area contributed by atoms with Gasteiger partial charge in [-0.1, -0.05) is 41.9 Å². The first-order valence-electron chi connectivity index (χ1n) is 10.6. The van der Waals surface area contributed by atoms with Crippen molar-refractivity contribution in [2.45, 2.75) is 0 Å². The maximum Gasteiger partial charge on any atom is 0.318 e. The zero-order valence-corrected chi connectivity index (χ0v) is 20.3. The van der Waals surface area contributed by atoms with E-state index in [1.165, 1.54) is 12.1 Å².